The molecule has 0 fully saturated rings. The molecule has 0 bridgehead atoms. The Morgan fingerprint density at radius 3 is 2.03 bits per heavy atom. The fraction of sp³-hybridized carbons (Fsp3) is 0.435. The molecule has 0 aromatic heterocycles. The monoisotopic (exact) mass is 412 g/mol. The predicted molar refractivity (Wildman–Crippen MR) is 115 cm³/mol. The molecule has 0 atom stereocenters. The van der Waals surface area contributed by atoms with Crippen molar-refractivity contribution in [3.8, 4) is 0 Å². The first-order chi connectivity index (χ1) is 13.8. The molecule has 0 unspecified atom stereocenters. The maximum absolute atomic E-state index is 12.9. The molecular formula is C23H28N2O3S. The van der Waals surface area contributed by atoms with Crippen LogP contribution >= 0.6 is 0 Å². The third-order valence-electron chi connectivity index (χ3n) is 6.06. The highest BCUT2D eigenvalue weighted by molar-refractivity contribution is 7.90. The van der Waals surface area contributed by atoms with Gasteiger partial charge in [0.25, 0.3) is 10.0 Å². The Labute approximate surface area is 173 Å². The Balaban J connectivity index is 1.64. The normalized spacial score (nSPS) is 15.6. The zero-order chi connectivity index (χ0) is 20.8. The lowest BCUT2D eigenvalue weighted by molar-refractivity contribution is 0.256. The van der Waals surface area contributed by atoms with E-state index in [1.165, 1.54) is 22.3 Å². The zero-order valence-electron chi connectivity index (χ0n) is 17.3. The Morgan fingerprint density at radius 1 is 0.828 bits per heavy atom. The van der Waals surface area contributed by atoms with Crippen LogP contribution in [0.2, 0.25) is 0 Å². The fourth-order valence-electron chi connectivity index (χ4n) is 5.03. The summed E-state index contributed by atoms with van der Waals surface area (Å²) in [5, 5.41) is 2.92. The molecule has 6 heteroatoms. The van der Waals surface area contributed by atoms with Gasteiger partial charge in [-0.1, -0.05) is 23.8 Å². The predicted octanol–water partition coefficient (Wildman–Crippen LogP) is 4.49. The molecule has 2 aliphatic rings. The third-order valence-corrected chi connectivity index (χ3v) is 7.70. The van der Waals surface area contributed by atoms with Gasteiger partial charge in [-0.3, -0.25) is 0 Å². The topological polar surface area (TPSA) is 75.3 Å². The van der Waals surface area contributed by atoms with Crippen molar-refractivity contribution in [2.45, 2.75) is 70.6 Å². The molecule has 0 saturated heterocycles. The molecule has 2 aromatic rings. The van der Waals surface area contributed by atoms with E-state index in [4.69, 9.17) is 0 Å². The van der Waals surface area contributed by atoms with Gasteiger partial charge < -0.3 is 5.32 Å². The summed E-state index contributed by atoms with van der Waals surface area (Å²) in [6.45, 7) is 5.44. The minimum Gasteiger partial charge on any atom is -0.307 e. The number of amides is 2. The largest absolute Gasteiger partial charge is 0.333 e. The first-order valence-corrected chi connectivity index (χ1v) is 11.8. The molecule has 0 radical (unpaired) electrons. The summed E-state index contributed by atoms with van der Waals surface area (Å²) < 4.78 is 28.1. The Hall–Kier alpha value is -2.34. The van der Waals surface area contributed by atoms with Crippen molar-refractivity contribution in [2.24, 2.45) is 0 Å². The van der Waals surface area contributed by atoms with E-state index in [2.05, 4.69) is 16.1 Å². The van der Waals surface area contributed by atoms with Crippen molar-refractivity contribution in [3.63, 3.8) is 0 Å². The smallest absolute Gasteiger partial charge is 0.307 e. The van der Waals surface area contributed by atoms with Gasteiger partial charge in [-0.2, -0.15) is 0 Å². The molecule has 4 rings (SSSR count). The van der Waals surface area contributed by atoms with Gasteiger partial charge in [0.1, 0.15) is 0 Å². The summed E-state index contributed by atoms with van der Waals surface area (Å²) in [5.41, 5.74) is 8.10. The lowest BCUT2D eigenvalue weighted by Gasteiger charge is -2.23. The van der Waals surface area contributed by atoms with Crippen LogP contribution in [0.4, 0.5) is 10.5 Å². The minimum atomic E-state index is -3.96. The molecule has 0 saturated carbocycles. The third kappa shape index (κ3) is 3.78. The number of aryl methyl sites for hydroxylation is 5. The van der Waals surface area contributed by atoms with E-state index in [0.717, 1.165) is 56.2 Å². The van der Waals surface area contributed by atoms with Crippen molar-refractivity contribution in [1.29, 1.82) is 0 Å². The van der Waals surface area contributed by atoms with Crippen LogP contribution in [0.1, 0.15) is 58.2 Å². The van der Waals surface area contributed by atoms with Crippen LogP contribution in [0.3, 0.4) is 0 Å². The van der Waals surface area contributed by atoms with Crippen molar-refractivity contribution in [1.82, 2.24) is 4.72 Å². The maximum atomic E-state index is 12.9. The van der Waals surface area contributed by atoms with E-state index < -0.39 is 16.1 Å². The number of anilines is 1. The molecule has 0 aliphatic heterocycles. The van der Waals surface area contributed by atoms with Crippen molar-refractivity contribution in [2.75, 3.05) is 5.32 Å². The average Bonchev–Trinajstić information content (AvgIpc) is 3.08. The first kappa shape index (κ1) is 20.0. The number of hydrogen-bond donors (Lipinski definition) is 2. The van der Waals surface area contributed by atoms with Crippen LogP contribution in [0.5, 0.6) is 0 Å². The van der Waals surface area contributed by atoms with Crippen molar-refractivity contribution < 1.29 is 13.2 Å². The standard InChI is InChI=1S/C23H28N2O3S/c1-14-11-15(2)22(16(3)12-14)29(27,28)25-23(26)24-21-19-9-5-4-7-17(19)13-18-8-6-10-20(18)21/h11-13H,4-10H2,1-3H3,(H2,24,25,26). The summed E-state index contributed by atoms with van der Waals surface area (Å²) in [6.07, 6.45) is 7.26. The second-order valence-corrected chi connectivity index (χ2v) is 9.99. The van der Waals surface area contributed by atoms with Crippen LogP contribution in [0, 0.1) is 20.8 Å². The summed E-state index contributed by atoms with van der Waals surface area (Å²) in [7, 11) is -3.96. The van der Waals surface area contributed by atoms with E-state index in [1.807, 2.05) is 19.1 Å². The summed E-state index contributed by atoms with van der Waals surface area (Å²) in [4.78, 5) is 13.0. The number of sulfonamides is 1. The highest BCUT2D eigenvalue weighted by Gasteiger charge is 2.26. The van der Waals surface area contributed by atoms with Crippen molar-refractivity contribution in [3.05, 3.63) is 57.1 Å². The average molecular weight is 413 g/mol. The summed E-state index contributed by atoms with van der Waals surface area (Å²) >= 11 is 0. The number of nitrogens with one attached hydrogen (secondary N) is 2. The van der Waals surface area contributed by atoms with Gasteiger partial charge in [0.05, 0.1) is 4.90 Å². The van der Waals surface area contributed by atoms with E-state index in [9.17, 15) is 13.2 Å². The molecule has 0 heterocycles. The van der Waals surface area contributed by atoms with Gasteiger partial charge in [-0.15, -0.1) is 0 Å². The van der Waals surface area contributed by atoms with Crippen LogP contribution in [0.25, 0.3) is 0 Å². The SMILES string of the molecule is Cc1cc(C)c(S(=O)(=O)NC(=O)Nc2c3c(cc4c2CCC4)CCCC3)c(C)c1. The molecular weight excluding hydrogens is 384 g/mol. The number of carbonyl (C=O) groups is 1. The molecule has 2 amide bonds. The molecule has 2 aromatic carbocycles. The fourth-order valence-corrected chi connectivity index (χ4v) is 6.39. The highest BCUT2D eigenvalue weighted by atomic mass is 32.2. The van der Waals surface area contributed by atoms with E-state index in [-0.39, 0.29) is 4.90 Å². The lowest BCUT2D eigenvalue weighted by Crippen LogP contribution is -2.35. The van der Waals surface area contributed by atoms with Gasteiger partial charge in [0.2, 0.25) is 0 Å². The number of fused-ring (bicyclic) bond motifs is 2. The highest BCUT2D eigenvalue weighted by Crippen LogP contribution is 2.38. The number of hydrogen-bond acceptors (Lipinski definition) is 3. The Bertz CT molecular complexity index is 1080. The number of rotatable bonds is 3. The van der Waals surface area contributed by atoms with Gasteiger partial charge in [0.15, 0.2) is 0 Å². The quantitative estimate of drug-likeness (QED) is 0.780. The molecule has 0 spiro atoms. The van der Waals surface area contributed by atoms with Crippen LogP contribution in [-0.2, 0) is 35.7 Å². The molecule has 154 valence electrons. The second kappa shape index (κ2) is 7.48. The van der Waals surface area contributed by atoms with E-state index >= 15 is 0 Å². The van der Waals surface area contributed by atoms with E-state index in [0.29, 0.717) is 11.1 Å². The Kier molecular flexibility index (Phi) is 5.15. The van der Waals surface area contributed by atoms with Gasteiger partial charge in [-0.05, 0) is 99.1 Å². The van der Waals surface area contributed by atoms with Gasteiger partial charge >= 0.3 is 6.03 Å². The van der Waals surface area contributed by atoms with E-state index in [1.54, 1.807) is 13.8 Å². The van der Waals surface area contributed by atoms with Gasteiger partial charge in [-0.25, -0.2) is 17.9 Å². The van der Waals surface area contributed by atoms with Crippen LogP contribution < -0.4 is 10.0 Å². The van der Waals surface area contributed by atoms with Crippen LogP contribution in [-0.4, -0.2) is 14.4 Å². The lowest BCUT2D eigenvalue weighted by atomic mass is 9.87. The molecule has 2 aliphatic carbocycles. The maximum Gasteiger partial charge on any atom is 0.333 e. The number of benzene rings is 2. The summed E-state index contributed by atoms with van der Waals surface area (Å²) in [5.74, 6) is 0. The molecule has 2 N–H and O–H groups in total. The number of urea groups is 1. The zero-order valence-corrected chi connectivity index (χ0v) is 18.1. The van der Waals surface area contributed by atoms with Crippen molar-refractivity contribution >= 4 is 21.7 Å². The molecule has 5 nitrogen and oxygen atoms in total. The van der Waals surface area contributed by atoms with Gasteiger partial charge in [0, 0.05) is 5.69 Å². The minimum absolute atomic E-state index is 0.179. The summed E-state index contributed by atoms with van der Waals surface area (Å²) in [6, 6.07) is 5.26. The van der Waals surface area contributed by atoms with Crippen LogP contribution in [0.15, 0.2) is 23.1 Å². The molecule has 29 heavy (non-hydrogen) atoms. The first-order valence-electron chi connectivity index (χ1n) is 10.3. The second-order valence-electron chi connectivity index (χ2n) is 8.38. The Morgan fingerprint density at radius 2 is 1.38 bits per heavy atom. The number of carbonyl (C=O) groups excluding carboxylic acids is 1.